The van der Waals surface area contributed by atoms with Gasteiger partial charge >= 0.3 is 5.97 Å². The van der Waals surface area contributed by atoms with Gasteiger partial charge in [0.05, 0.1) is 12.7 Å². The van der Waals surface area contributed by atoms with Crippen molar-refractivity contribution in [2.24, 2.45) is 0 Å². The van der Waals surface area contributed by atoms with Gasteiger partial charge in [0.25, 0.3) is 0 Å². The molecule has 0 aromatic heterocycles. The van der Waals surface area contributed by atoms with E-state index in [1.54, 1.807) is 48.5 Å². The summed E-state index contributed by atoms with van der Waals surface area (Å²) in [6.07, 6.45) is 1.56. The van der Waals surface area contributed by atoms with E-state index in [0.29, 0.717) is 21.9 Å². The Kier molecular flexibility index (Phi) is 4.43. The van der Waals surface area contributed by atoms with E-state index < -0.39 is 5.97 Å². The van der Waals surface area contributed by atoms with Gasteiger partial charge in [0, 0.05) is 10.6 Å². The molecule has 20 heavy (non-hydrogen) atoms. The van der Waals surface area contributed by atoms with Crippen LogP contribution in [0.25, 0.3) is 11.6 Å². The molecule has 2 rings (SSSR count). The maximum atomic E-state index is 11.4. The van der Waals surface area contributed by atoms with Gasteiger partial charge in [-0.1, -0.05) is 41.9 Å². The van der Waals surface area contributed by atoms with Crippen LogP contribution in [0.2, 0.25) is 5.02 Å². The zero-order chi connectivity index (χ0) is 14.5. The van der Waals surface area contributed by atoms with E-state index in [0.717, 1.165) is 0 Å². The fourth-order valence-corrected chi connectivity index (χ4v) is 2.04. The van der Waals surface area contributed by atoms with Crippen molar-refractivity contribution in [3.8, 4) is 5.75 Å². The SMILES string of the molecule is COc1ccc(Cl)cc1/C=C(\C(=O)O)c1ccccc1. The van der Waals surface area contributed by atoms with E-state index >= 15 is 0 Å². The van der Waals surface area contributed by atoms with Crippen molar-refractivity contribution in [1.29, 1.82) is 0 Å². The van der Waals surface area contributed by atoms with E-state index in [1.165, 1.54) is 7.11 Å². The first-order chi connectivity index (χ1) is 9.61. The highest BCUT2D eigenvalue weighted by molar-refractivity contribution is 6.31. The molecule has 2 aromatic rings. The monoisotopic (exact) mass is 288 g/mol. The molecule has 0 atom stereocenters. The number of carbonyl (C=O) groups is 1. The smallest absolute Gasteiger partial charge is 0.336 e. The van der Waals surface area contributed by atoms with Gasteiger partial charge in [-0.3, -0.25) is 0 Å². The Labute approximate surface area is 122 Å². The fourth-order valence-electron chi connectivity index (χ4n) is 1.86. The molecule has 2 aromatic carbocycles. The molecule has 3 nitrogen and oxygen atoms in total. The summed E-state index contributed by atoms with van der Waals surface area (Å²) in [7, 11) is 1.53. The molecule has 0 aliphatic rings. The van der Waals surface area contributed by atoms with E-state index in [2.05, 4.69) is 0 Å². The van der Waals surface area contributed by atoms with Crippen LogP contribution >= 0.6 is 11.6 Å². The Balaban J connectivity index is 2.55. The summed E-state index contributed by atoms with van der Waals surface area (Å²) in [5.74, 6) is -0.428. The molecule has 0 heterocycles. The van der Waals surface area contributed by atoms with Gasteiger partial charge in [-0.2, -0.15) is 0 Å². The van der Waals surface area contributed by atoms with E-state index in [9.17, 15) is 9.90 Å². The highest BCUT2D eigenvalue weighted by Crippen LogP contribution is 2.27. The second-order valence-corrected chi connectivity index (χ2v) is 4.55. The van der Waals surface area contributed by atoms with Crippen LogP contribution in [0.3, 0.4) is 0 Å². The van der Waals surface area contributed by atoms with Crippen molar-refractivity contribution in [3.63, 3.8) is 0 Å². The van der Waals surface area contributed by atoms with Crippen LogP contribution < -0.4 is 4.74 Å². The lowest BCUT2D eigenvalue weighted by molar-refractivity contribution is -0.130. The first-order valence-corrected chi connectivity index (χ1v) is 6.33. The number of carboxylic acids is 1. The quantitative estimate of drug-likeness (QED) is 0.684. The van der Waals surface area contributed by atoms with Gasteiger partial charge < -0.3 is 9.84 Å². The minimum Gasteiger partial charge on any atom is -0.496 e. The summed E-state index contributed by atoms with van der Waals surface area (Å²) in [5, 5.41) is 9.90. The molecule has 0 bridgehead atoms. The van der Waals surface area contributed by atoms with Gasteiger partial charge in [-0.15, -0.1) is 0 Å². The van der Waals surface area contributed by atoms with Crippen LogP contribution in [-0.4, -0.2) is 18.2 Å². The molecule has 0 aliphatic carbocycles. The predicted octanol–water partition coefficient (Wildman–Crippen LogP) is 3.97. The number of ether oxygens (including phenoxy) is 1. The Morgan fingerprint density at radius 1 is 1.20 bits per heavy atom. The number of benzene rings is 2. The van der Waals surface area contributed by atoms with Crippen LogP contribution in [0.5, 0.6) is 5.75 Å². The van der Waals surface area contributed by atoms with Crippen molar-refractivity contribution in [3.05, 3.63) is 64.7 Å². The van der Waals surface area contributed by atoms with E-state index in [1.807, 2.05) is 6.07 Å². The zero-order valence-electron chi connectivity index (χ0n) is 10.8. The summed E-state index contributed by atoms with van der Waals surface area (Å²) in [5.41, 5.74) is 1.44. The van der Waals surface area contributed by atoms with Crippen molar-refractivity contribution in [1.82, 2.24) is 0 Å². The molecular weight excluding hydrogens is 276 g/mol. The maximum absolute atomic E-state index is 11.4. The number of carboxylic acid groups (broad SMARTS) is 1. The Hall–Kier alpha value is -2.26. The topological polar surface area (TPSA) is 46.5 Å². The average molecular weight is 289 g/mol. The standard InChI is InChI=1S/C16H13ClO3/c1-20-15-8-7-13(17)9-12(15)10-14(16(18)19)11-5-3-2-4-6-11/h2-10H,1H3,(H,18,19)/b14-10-. The van der Waals surface area contributed by atoms with Gasteiger partial charge in [0.15, 0.2) is 0 Å². The molecule has 0 aliphatic heterocycles. The number of rotatable bonds is 4. The second kappa shape index (κ2) is 6.26. The second-order valence-electron chi connectivity index (χ2n) is 4.12. The highest BCUT2D eigenvalue weighted by atomic mass is 35.5. The number of methoxy groups -OCH3 is 1. The van der Waals surface area contributed by atoms with Crippen LogP contribution in [0.1, 0.15) is 11.1 Å². The zero-order valence-corrected chi connectivity index (χ0v) is 11.6. The molecule has 0 amide bonds. The van der Waals surface area contributed by atoms with Crippen LogP contribution in [0.4, 0.5) is 0 Å². The van der Waals surface area contributed by atoms with E-state index in [-0.39, 0.29) is 5.57 Å². The Morgan fingerprint density at radius 2 is 1.90 bits per heavy atom. The lowest BCUT2D eigenvalue weighted by atomic mass is 10.0. The number of aliphatic carboxylic acids is 1. The molecule has 102 valence electrons. The molecule has 0 spiro atoms. The first-order valence-electron chi connectivity index (χ1n) is 5.96. The van der Waals surface area contributed by atoms with Crippen LogP contribution in [-0.2, 0) is 4.79 Å². The predicted molar refractivity (Wildman–Crippen MR) is 80.0 cm³/mol. The third-order valence-electron chi connectivity index (χ3n) is 2.81. The molecule has 0 saturated carbocycles. The first kappa shape index (κ1) is 14.2. The Bertz CT molecular complexity index is 648. The molecule has 1 N–H and O–H groups in total. The van der Waals surface area contributed by atoms with Gasteiger partial charge in [-0.05, 0) is 29.8 Å². The molecule has 0 radical (unpaired) electrons. The van der Waals surface area contributed by atoms with Crippen molar-refractivity contribution in [2.45, 2.75) is 0 Å². The van der Waals surface area contributed by atoms with Crippen LogP contribution in [0, 0.1) is 0 Å². The van der Waals surface area contributed by atoms with Gasteiger partial charge in [0.1, 0.15) is 5.75 Å². The minimum absolute atomic E-state index is 0.186. The third-order valence-corrected chi connectivity index (χ3v) is 3.04. The number of hydrogen-bond acceptors (Lipinski definition) is 2. The third kappa shape index (κ3) is 3.19. The summed E-state index contributed by atoms with van der Waals surface area (Å²) in [6.45, 7) is 0. The summed E-state index contributed by atoms with van der Waals surface area (Å²) < 4.78 is 5.22. The van der Waals surface area contributed by atoms with Gasteiger partial charge in [-0.25, -0.2) is 4.79 Å². The maximum Gasteiger partial charge on any atom is 0.336 e. The fraction of sp³-hybridized carbons (Fsp3) is 0.0625. The van der Waals surface area contributed by atoms with E-state index in [4.69, 9.17) is 16.3 Å². The largest absolute Gasteiger partial charge is 0.496 e. The summed E-state index contributed by atoms with van der Waals surface area (Å²) in [6, 6.07) is 14.0. The molecule has 0 saturated heterocycles. The molecule has 0 unspecified atom stereocenters. The van der Waals surface area contributed by atoms with Crippen molar-refractivity contribution in [2.75, 3.05) is 7.11 Å². The average Bonchev–Trinajstić information content (AvgIpc) is 2.45. The summed E-state index contributed by atoms with van der Waals surface area (Å²) >= 11 is 5.95. The van der Waals surface area contributed by atoms with Crippen molar-refractivity contribution < 1.29 is 14.6 Å². The molecular formula is C16H13ClO3. The lowest BCUT2D eigenvalue weighted by Crippen LogP contribution is -2.00. The Morgan fingerprint density at radius 3 is 2.50 bits per heavy atom. The normalized spacial score (nSPS) is 11.2. The molecule has 4 heteroatoms. The van der Waals surface area contributed by atoms with Gasteiger partial charge in [0.2, 0.25) is 0 Å². The minimum atomic E-state index is -1.00. The number of halogens is 1. The number of hydrogen-bond donors (Lipinski definition) is 1. The van der Waals surface area contributed by atoms with Crippen LogP contribution in [0.15, 0.2) is 48.5 Å². The molecule has 0 fully saturated rings. The highest BCUT2D eigenvalue weighted by Gasteiger charge is 2.12. The summed E-state index contributed by atoms with van der Waals surface area (Å²) in [4.78, 5) is 11.4. The lowest BCUT2D eigenvalue weighted by Gasteiger charge is -2.07. The van der Waals surface area contributed by atoms with Crippen molar-refractivity contribution >= 4 is 29.2 Å².